The number of halogens is 1. The first kappa shape index (κ1) is 21.6. The number of rotatable bonds is 6. The van der Waals surface area contributed by atoms with Crippen LogP contribution in [0.25, 0.3) is 22.2 Å². The van der Waals surface area contributed by atoms with Crippen LogP contribution in [0, 0.1) is 5.82 Å². The van der Waals surface area contributed by atoms with Crippen molar-refractivity contribution in [2.24, 2.45) is 0 Å². The van der Waals surface area contributed by atoms with E-state index in [-0.39, 0.29) is 11.9 Å². The molecule has 1 aliphatic rings. The van der Waals surface area contributed by atoms with Crippen molar-refractivity contribution in [3.63, 3.8) is 0 Å². The minimum absolute atomic E-state index is 0.179. The summed E-state index contributed by atoms with van der Waals surface area (Å²) in [4.78, 5) is 11.6. The zero-order valence-electron chi connectivity index (χ0n) is 18.9. The number of aryl methyl sites for hydroxylation is 1. The number of ether oxygens (including phenoxy) is 2. The predicted octanol–water partition coefficient (Wildman–Crippen LogP) is 4.84. The molecule has 3 heterocycles. The van der Waals surface area contributed by atoms with Gasteiger partial charge < -0.3 is 14.0 Å². The maximum Gasteiger partial charge on any atom is 0.125 e. The molecule has 0 radical (unpaired) electrons. The van der Waals surface area contributed by atoms with Gasteiger partial charge in [0.05, 0.1) is 30.6 Å². The molecule has 5 rings (SSSR count). The van der Waals surface area contributed by atoms with Crippen molar-refractivity contribution in [1.82, 2.24) is 19.4 Å². The van der Waals surface area contributed by atoms with Crippen molar-refractivity contribution in [3.05, 3.63) is 78.1 Å². The topological polar surface area (TPSA) is 52.4 Å². The number of benzene rings is 2. The van der Waals surface area contributed by atoms with Gasteiger partial charge in [0.25, 0.3) is 0 Å². The van der Waals surface area contributed by atoms with Crippen LogP contribution in [0.1, 0.15) is 24.3 Å². The third-order valence-electron chi connectivity index (χ3n) is 6.21. The summed E-state index contributed by atoms with van der Waals surface area (Å²) in [5, 5.41) is 1.10. The van der Waals surface area contributed by atoms with Crippen LogP contribution in [0.4, 0.5) is 4.39 Å². The Labute approximate surface area is 192 Å². The first-order chi connectivity index (χ1) is 16.2. The monoisotopic (exact) mass is 446 g/mol. The van der Waals surface area contributed by atoms with Crippen LogP contribution in [0.15, 0.2) is 61.1 Å². The second kappa shape index (κ2) is 9.29. The fourth-order valence-corrected chi connectivity index (χ4v) is 4.54. The molecular weight excluding hydrogens is 419 g/mol. The van der Waals surface area contributed by atoms with E-state index in [4.69, 9.17) is 9.47 Å². The van der Waals surface area contributed by atoms with Crippen molar-refractivity contribution in [2.75, 3.05) is 26.8 Å². The van der Waals surface area contributed by atoms with Gasteiger partial charge in [0.1, 0.15) is 17.7 Å². The molecule has 6 nitrogen and oxygen atoms in total. The number of hydrogen-bond donors (Lipinski definition) is 0. The van der Waals surface area contributed by atoms with Crippen LogP contribution < -0.4 is 4.74 Å². The van der Waals surface area contributed by atoms with Gasteiger partial charge in [-0.15, -0.1) is 0 Å². The molecular formula is C26H27FN4O2. The van der Waals surface area contributed by atoms with E-state index in [1.807, 2.05) is 30.3 Å². The second-order valence-corrected chi connectivity index (χ2v) is 8.22. The van der Waals surface area contributed by atoms with E-state index >= 15 is 0 Å². The zero-order valence-corrected chi connectivity index (χ0v) is 18.9. The Hall–Kier alpha value is -3.29. The van der Waals surface area contributed by atoms with E-state index in [2.05, 4.69) is 32.6 Å². The van der Waals surface area contributed by atoms with Crippen molar-refractivity contribution >= 4 is 10.9 Å². The van der Waals surface area contributed by atoms with Gasteiger partial charge in [0, 0.05) is 55.7 Å². The van der Waals surface area contributed by atoms with Crippen LogP contribution in [-0.4, -0.2) is 46.2 Å². The van der Waals surface area contributed by atoms with Crippen LogP contribution >= 0.6 is 0 Å². The van der Waals surface area contributed by atoms with Gasteiger partial charge >= 0.3 is 0 Å². The lowest BCUT2D eigenvalue weighted by molar-refractivity contribution is -0.0347. The van der Waals surface area contributed by atoms with Gasteiger partial charge in [-0.2, -0.15) is 0 Å². The number of methoxy groups -OCH3 is 1. The Kier molecular flexibility index (Phi) is 6.07. The van der Waals surface area contributed by atoms with Crippen molar-refractivity contribution in [3.8, 4) is 17.0 Å². The molecule has 7 heteroatoms. The molecule has 2 aromatic heterocycles. The molecule has 1 saturated heterocycles. The normalized spacial score (nSPS) is 16.9. The standard InChI is InChI=1S/C26H27FN4O2/c1-3-31-16-19(22-9-6-20(27)14-23(22)31)15-30-12-13-33-24(17-30)26-25(28-10-11-29-26)18-4-7-21(32-2)8-5-18/h4-11,14,16,24H,3,12-13,15,17H2,1-2H3/t24-/m1/s1. The van der Waals surface area contributed by atoms with E-state index < -0.39 is 0 Å². The lowest BCUT2D eigenvalue weighted by atomic mass is 10.0. The van der Waals surface area contributed by atoms with E-state index in [9.17, 15) is 4.39 Å². The van der Waals surface area contributed by atoms with Gasteiger partial charge in [0.15, 0.2) is 0 Å². The van der Waals surface area contributed by atoms with Gasteiger partial charge in [-0.3, -0.25) is 14.9 Å². The molecule has 33 heavy (non-hydrogen) atoms. The fraction of sp³-hybridized carbons (Fsp3) is 0.308. The Balaban J connectivity index is 1.40. The van der Waals surface area contributed by atoms with E-state index in [0.717, 1.165) is 53.2 Å². The first-order valence-electron chi connectivity index (χ1n) is 11.2. The summed E-state index contributed by atoms with van der Waals surface area (Å²) in [7, 11) is 1.65. The van der Waals surface area contributed by atoms with E-state index in [1.165, 1.54) is 11.6 Å². The van der Waals surface area contributed by atoms with Gasteiger partial charge in [-0.1, -0.05) is 0 Å². The summed E-state index contributed by atoms with van der Waals surface area (Å²) >= 11 is 0. The molecule has 2 aromatic carbocycles. The largest absolute Gasteiger partial charge is 0.497 e. The Morgan fingerprint density at radius 1 is 1.12 bits per heavy atom. The molecule has 1 fully saturated rings. The van der Waals surface area contributed by atoms with Gasteiger partial charge in [-0.05, 0) is 55.0 Å². The minimum atomic E-state index is -0.206. The molecule has 4 aromatic rings. The van der Waals surface area contributed by atoms with Gasteiger partial charge in [-0.25, -0.2) is 4.39 Å². The molecule has 0 spiro atoms. The van der Waals surface area contributed by atoms with Crippen molar-refractivity contribution in [2.45, 2.75) is 26.1 Å². The summed E-state index contributed by atoms with van der Waals surface area (Å²) in [5.74, 6) is 0.595. The second-order valence-electron chi connectivity index (χ2n) is 8.22. The number of hydrogen-bond acceptors (Lipinski definition) is 5. The number of nitrogens with zero attached hydrogens (tertiary/aromatic N) is 4. The fourth-order valence-electron chi connectivity index (χ4n) is 4.54. The number of morpholine rings is 1. The van der Waals surface area contributed by atoms with Gasteiger partial charge in [0.2, 0.25) is 0 Å². The molecule has 1 aliphatic heterocycles. The number of aromatic nitrogens is 3. The lowest BCUT2D eigenvalue weighted by Gasteiger charge is -2.33. The maximum atomic E-state index is 13.8. The Bertz CT molecular complexity index is 1260. The SMILES string of the molecule is CCn1cc(CN2CCO[C@@H](c3nccnc3-c3ccc(OC)cc3)C2)c2ccc(F)cc21. The van der Waals surface area contributed by atoms with Crippen molar-refractivity contribution < 1.29 is 13.9 Å². The highest BCUT2D eigenvalue weighted by Gasteiger charge is 2.27. The summed E-state index contributed by atoms with van der Waals surface area (Å²) in [6.45, 7) is 5.80. The average molecular weight is 447 g/mol. The third-order valence-corrected chi connectivity index (χ3v) is 6.21. The molecule has 0 aliphatic carbocycles. The minimum Gasteiger partial charge on any atom is -0.497 e. The highest BCUT2D eigenvalue weighted by molar-refractivity contribution is 5.84. The molecule has 170 valence electrons. The third kappa shape index (κ3) is 4.34. The van der Waals surface area contributed by atoms with Crippen LogP contribution in [-0.2, 0) is 17.8 Å². The highest BCUT2D eigenvalue weighted by atomic mass is 19.1. The highest BCUT2D eigenvalue weighted by Crippen LogP contribution is 2.31. The quantitative estimate of drug-likeness (QED) is 0.424. The molecule has 0 unspecified atom stereocenters. The molecule has 0 bridgehead atoms. The lowest BCUT2D eigenvalue weighted by Crippen LogP contribution is -2.38. The summed E-state index contributed by atoms with van der Waals surface area (Å²) in [6, 6.07) is 12.9. The summed E-state index contributed by atoms with van der Waals surface area (Å²) in [5.41, 5.74) is 4.78. The maximum absolute atomic E-state index is 13.8. The van der Waals surface area contributed by atoms with E-state index in [1.54, 1.807) is 25.6 Å². The molecule has 0 saturated carbocycles. The van der Waals surface area contributed by atoms with Crippen LogP contribution in [0.3, 0.4) is 0 Å². The first-order valence-corrected chi connectivity index (χ1v) is 11.2. The predicted molar refractivity (Wildman–Crippen MR) is 126 cm³/mol. The summed E-state index contributed by atoms with van der Waals surface area (Å²) in [6.07, 6.45) is 5.39. The Morgan fingerprint density at radius 3 is 2.73 bits per heavy atom. The van der Waals surface area contributed by atoms with Crippen LogP contribution in [0.2, 0.25) is 0 Å². The van der Waals surface area contributed by atoms with Crippen molar-refractivity contribution in [1.29, 1.82) is 0 Å². The smallest absolute Gasteiger partial charge is 0.125 e. The summed E-state index contributed by atoms with van der Waals surface area (Å²) < 4.78 is 27.4. The zero-order chi connectivity index (χ0) is 22.8. The molecule has 1 atom stereocenters. The van der Waals surface area contributed by atoms with E-state index in [0.29, 0.717) is 13.2 Å². The molecule has 0 N–H and O–H groups in total. The number of fused-ring (bicyclic) bond motifs is 1. The average Bonchev–Trinajstić information content (AvgIpc) is 3.20. The van der Waals surface area contributed by atoms with Crippen LogP contribution in [0.5, 0.6) is 5.75 Å². The molecule has 0 amide bonds. The Morgan fingerprint density at radius 2 is 1.94 bits per heavy atom.